The molecule has 2 aromatic heterocycles. The normalized spacial score (nSPS) is 23.4. The molecule has 2 aliphatic carbocycles. The third-order valence-electron chi connectivity index (χ3n) is 7.87. The van der Waals surface area contributed by atoms with Crippen LogP contribution in [0.5, 0.6) is 5.75 Å². The number of carbonyl (C=O) groups is 1. The Kier molecular flexibility index (Phi) is 7.74. The van der Waals surface area contributed by atoms with Crippen molar-refractivity contribution in [3.8, 4) is 16.2 Å². The molecule has 3 heterocycles. The summed E-state index contributed by atoms with van der Waals surface area (Å²) in [6, 6.07) is 8.34. The van der Waals surface area contributed by atoms with Gasteiger partial charge in [-0.2, -0.15) is 5.10 Å². The van der Waals surface area contributed by atoms with Gasteiger partial charge >= 0.3 is 6.09 Å². The van der Waals surface area contributed by atoms with E-state index in [1.54, 1.807) is 11.3 Å². The van der Waals surface area contributed by atoms with Crippen LogP contribution in [0.3, 0.4) is 0 Å². The van der Waals surface area contributed by atoms with E-state index in [1.807, 2.05) is 10.9 Å². The minimum atomic E-state index is -0.687. The highest BCUT2D eigenvalue weighted by Crippen LogP contribution is 2.42. The molecule has 1 amide bonds. The number of anilines is 2. The number of nitrogens with two attached hydrogens (primary N) is 1. The van der Waals surface area contributed by atoms with Crippen molar-refractivity contribution in [1.29, 1.82) is 0 Å². The molecule has 9 nitrogen and oxygen atoms in total. The number of hydrogen-bond donors (Lipinski definition) is 2. The summed E-state index contributed by atoms with van der Waals surface area (Å²) in [5.74, 6) is 2.70. The van der Waals surface area contributed by atoms with Crippen LogP contribution in [0.15, 0.2) is 30.5 Å². The van der Waals surface area contributed by atoms with Gasteiger partial charge in [-0.15, -0.1) is 11.3 Å². The minimum Gasteiger partial charge on any atom is -0.493 e. The molecule has 1 aromatic carbocycles. The van der Waals surface area contributed by atoms with E-state index in [1.165, 1.54) is 19.3 Å². The Hall–Kier alpha value is -3.11. The van der Waals surface area contributed by atoms with Crippen LogP contribution in [0.25, 0.3) is 10.4 Å². The third-order valence-corrected chi connectivity index (χ3v) is 9.06. The van der Waals surface area contributed by atoms with Gasteiger partial charge in [0.05, 0.1) is 16.5 Å². The van der Waals surface area contributed by atoms with Gasteiger partial charge < -0.3 is 25.3 Å². The predicted molar refractivity (Wildman–Crippen MR) is 151 cm³/mol. The largest absolute Gasteiger partial charge is 0.493 e. The molecule has 3 fully saturated rings. The second-order valence-corrected chi connectivity index (χ2v) is 12.1. The monoisotopic (exact) mass is 551 g/mol. The highest BCUT2D eigenvalue weighted by molar-refractivity contribution is 7.15. The number of aromatic nitrogens is 3. The summed E-state index contributed by atoms with van der Waals surface area (Å²) in [7, 11) is 0. The van der Waals surface area contributed by atoms with Gasteiger partial charge in [0, 0.05) is 47.8 Å². The van der Waals surface area contributed by atoms with E-state index < -0.39 is 6.09 Å². The van der Waals surface area contributed by atoms with Crippen LogP contribution >= 0.6 is 11.3 Å². The number of rotatable bonds is 9. The lowest BCUT2D eigenvalue weighted by atomic mass is 9.88. The zero-order chi connectivity index (χ0) is 26.8. The average molecular weight is 552 g/mol. The van der Waals surface area contributed by atoms with Crippen LogP contribution in [0, 0.1) is 12.8 Å². The fourth-order valence-electron chi connectivity index (χ4n) is 5.51. The highest BCUT2D eigenvalue weighted by Gasteiger charge is 2.27. The fraction of sp³-hybridized carbons (Fsp3) is 0.552. The topological polar surface area (TPSA) is 114 Å². The van der Waals surface area contributed by atoms with Crippen molar-refractivity contribution in [2.24, 2.45) is 11.7 Å². The second kappa shape index (κ2) is 11.6. The van der Waals surface area contributed by atoms with Crippen molar-refractivity contribution in [1.82, 2.24) is 14.8 Å². The summed E-state index contributed by atoms with van der Waals surface area (Å²) in [5.41, 5.74) is 8.28. The molecule has 6 rings (SSSR count). The lowest BCUT2D eigenvalue weighted by Gasteiger charge is -2.26. The standard InChI is InChI=1S/C29H37N5O4S/c1-18-14-26(33-34(18)27-4-2-3-13-36-27)32-21-9-12-23(24(15-21)37-17-19-5-6-19)25-16-31-28(39-25)20-7-10-22(11-8-20)38-29(30)35/h9,12,14-16,19-20,22,27H,2-8,10-11,13,17H2,1H3,(H2,30,35)(H,32,33). The summed E-state index contributed by atoms with van der Waals surface area (Å²) in [4.78, 5) is 17.0. The first-order chi connectivity index (χ1) is 19.0. The molecule has 1 unspecified atom stereocenters. The number of hydrogen-bond acceptors (Lipinski definition) is 8. The van der Waals surface area contributed by atoms with E-state index >= 15 is 0 Å². The van der Waals surface area contributed by atoms with E-state index in [4.69, 9.17) is 30.0 Å². The van der Waals surface area contributed by atoms with Gasteiger partial charge in [0.2, 0.25) is 0 Å². The zero-order valence-corrected chi connectivity index (χ0v) is 23.3. The third kappa shape index (κ3) is 6.38. The Morgan fingerprint density at radius 1 is 1.15 bits per heavy atom. The first-order valence-corrected chi connectivity index (χ1v) is 15.0. The maximum absolute atomic E-state index is 11.1. The molecular formula is C29H37N5O4S. The van der Waals surface area contributed by atoms with Crippen molar-refractivity contribution in [3.63, 3.8) is 0 Å². The first kappa shape index (κ1) is 26.1. The summed E-state index contributed by atoms with van der Waals surface area (Å²) >= 11 is 1.73. The van der Waals surface area contributed by atoms with Crippen LogP contribution in [-0.4, -0.2) is 40.2 Å². The number of primary amides is 1. The van der Waals surface area contributed by atoms with Crippen LogP contribution in [0.1, 0.15) is 80.6 Å². The smallest absolute Gasteiger partial charge is 0.404 e. The Balaban J connectivity index is 1.18. The number of aryl methyl sites for hydroxylation is 1. The van der Waals surface area contributed by atoms with Gasteiger partial charge in [0.1, 0.15) is 11.9 Å². The summed E-state index contributed by atoms with van der Waals surface area (Å²) in [5, 5.41) is 9.40. The Morgan fingerprint density at radius 2 is 2.00 bits per heavy atom. The highest BCUT2D eigenvalue weighted by atomic mass is 32.1. The van der Waals surface area contributed by atoms with Gasteiger partial charge in [0.25, 0.3) is 0 Å². The maximum Gasteiger partial charge on any atom is 0.404 e. The van der Waals surface area contributed by atoms with Crippen molar-refractivity contribution in [2.45, 2.75) is 83.0 Å². The predicted octanol–water partition coefficient (Wildman–Crippen LogP) is 6.67. The van der Waals surface area contributed by atoms with Gasteiger partial charge in [-0.25, -0.2) is 14.5 Å². The lowest BCUT2D eigenvalue weighted by Crippen LogP contribution is -2.26. The molecule has 39 heavy (non-hydrogen) atoms. The number of benzene rings is 1. The average Bonchev–Trinajstić information content (AvgIpc) is 3.52. The molecule has 0 radical (unpaired) electrons. The molecule has 1 aliphatic heterocycles. The Morgan fingerprint density at radius 3 is 2.74 bits per heavy atom. The summed E-state index contributed by atoms with van der Waals surface area (Å²) in [6.07, 6.45) is 10.5. The number of amides is 1. The molecule has 10 heteroatoms. The van der Waals surface area contributed by atoms with Crippen molar-refractivity contribution >= 4 is 28.9 Å². The Labute approximate surface area is 233 Å². The molecule has 3 aliphatic rings. The van der Waals surface area contributed by atoms with E-state index in [2.05, 4.69) is 36.5 Å². The molecule has 208 valence electrons. The van der Waals surface area contributed by atoms with Crippen molar-refractivity contribution in [3.05, 3.63) is 41.2 Å². The van der Waals surface area contributed by atoms with Crippen LogP contribution in [0.2, 0.25) is 0 Å². The maximum atomic E-state index is 11.1. The minimum absolute atomic E-state index is 0.0142. The number of thiazole rings is 1. The van der Waals surface area contributed by atoms with Gasteiger partial charge in [-0.3, -0.25) is 0 Å². The number of carbonyl (C=O) groups excluding carboxylic acids is 1. The molecule has 1 saturated heterocycles. The van der Waals surface area contributed by atoms with Gasteiger partial charge in [-0.05, 0) is 82.8 Å². The molecule has 2 saturated carbocycles. The molecule has 1 atom stereocenters. The SMILES string of the molecule is Cc1cc(Nc2ccc(-c3cnc(C4CCC(OC(N)=O)CC4)s3)c(OCC3CC3)c2)nn1C1CCCCO1. The van der Waals surface area contributed by atoms with Crippen LogP contribution < -0.4 is 15.8 Å². The Bertz CT molecular complexity index is 1290. The molecule has 0 spiro atoms. The van der Waals surface area contributed by atoms with E-state index in [0.29, 0.717) is 11.8 Å². The van der Waals surface area contributed by atoms with E-state index in [-0.39, 0.29) is 12.3 Å². The van der Waals surface area contributed by atoms with Crippen LogP contribution in [-0.2, 0) is 9.47 Å². The summed E-state index contributed by atoms with van der Waals surface area (Å²) in [6.45, 7) is 3.60. The molecular weight excluding hydrogens is 514 g/mol. The number of ether oxygens (including phenoxy) is 3. The fourth-order valence-corrected chi connectivity index (χ4v) is 6.63. The second-order valence-electron chi connectivity index (χ2n) is 11.0. The quantitative estimate of drug-likeness (QED) is 0.305. The first-order valence-electron chi connectivity index (χ1n) is 14.2. The molecule has 0 bridgehead atoms. The number of nitrogens with zero attached hydrogens (tertiary/aromatic N) is 3. The van der Waals surface area contributed by atoms with Gasteiger partial charge in [0.15, 0.2) is 12.0 Å². The zero-order valence-electron chi connectivity index (χ0n) is 22.4. The van der Waals surface area contributed by atoms with Gasteiger partial charge in [-0.1, -0.05) is 0 Å². The van der Waals surface area contributed by atoms with Crippen LogP contribution in [0.4, 0.5) is 16.3 Å². The van der Waals surface area contributed by atoms with Crippen molar-refractivity contribution in [2.75, 3.05) is 18.5 Å². The lowest BCUT2D eigenvalue weighted by molar-refractivity contribution is -0.0404. The molecule has 3 aromatic rings. The summed E-state index contributed by atoms with van der Waals surface area (Å²) < 4.78 is 19.5. The van der Waals surface area contributed by atoms with E-state index in [0.717, 1.165) is 90.1 Å². The van der Waals surface area contributed by atoms with Crippen molar-refractivity contribution < 1.29 is 19.0 Å². The molecule has 3 N–H and O–H groups in total. The van der Waals surface area contributed by atoms with E-state index in [9.17, 15) is 4.79 Å². The number of nitrogens with one attached hydrogen (secondary N) is 1.